The number of rotatable bonds is 3. The zero-order valence-corrected chi connectivity index (χ0v) is 11.5. The highest BCUT2D eigenvalue weighted by Crippen LogP contribution is 2.44. The van der Waals surface area contributed by atoms with E-state index in [1.165, 1.54) is 22.3 Å². The number of alkyl carbamates (subject to hydrolysis) is 1. The highest BCUT2D eigenvalue weighted by atomic mass is 32.1. The van der Waals surface area contributed by atoms with E-state index in [2.05, 4.69) is 41.8 Å². The minimum absolute atomic E-state index is 0.0817. The van der Waals surface area contributed by atoms with Crippen LogP contribution in [0.4, 0.5) is 4.79 Å². The molecule has 0 atom stereocenters. The van der Waals surface area contributed by atoms with Crippen molar-refractivity contribution in [1.29, 1.82) is 0 Å². The summed E-state index contributed by atoms with van der Waals surface area (Å²) < 4.78 is 5.23. The van der Waals surface area contributed by atoms with Gasteiger partial charge in [0.1, 0.15) is 6.61 Å². The Morgan fingerprint density at radius 3 is 2.20 bits per heavy atom. The number of amides is 1. The fraction of sp³-hybridized carbons (Fsp3) is 0.125. The molecule has 1 N–H and O–H groups in total. The van der Waals surface area contributed by atoms with Crippen molar-refractivity contribution in [3.8, 4) is 11.1 Å². The zero-order chi connectivity index (χ0) is 13.9. The minimum Gasteiger partial charge on any atom is -0.448 e. The van der Waals surface area contributed by atoms with Gasteiger partial charge in [-0.3, -0.25) is 5.32 Å². The highest BCUT2D eigenvalue weighted by molar-refractivity contribution is 7.78. The third-order valence-corrected chi connectivity index (χ3v) is 3.64. The van der Waals surface area contributed by atoms with Gasteiger partial charge in [-0.2, -0.15) is 0 Å². The van der Waals surface area contributed by atoms with Gasteiger partial charge in [-0.1, -0.05) is 60.7 Å². The maximum Gasteiger partial charge on any atom is 0.411 e. The third-order valence-electron chi connectivity index (χ3n) is 3.52. The van der Waals surface area contributed by atoms with E-state index < -0.39 is 6.09 Å². The Morgan fingerprint density at radius 1 is 1.10 bits per heavy atom. The lowest BCUT2D eigenvalue weighted by atomic mass is 9.98. The van der Waals surface area contributed by atoms with E-state index in [-0.39, 0.29) is 5.92 Å². The standard InChI is InChI=1S/C16H13NO2S/c18-16(17-10-20)19-9-15-13-7-3-1-5-11(13)12-6-2-4-8-14(12)15/h1-8,10,15H,9H2,(H,17,18,20). The zero-order valence-electron chi connectivity index (χ0n) is 10.7. The lowest BCUT2D eigenvalue weighted by Crippen LogP contribution is -2.23. The molecule has 2 aromatic rings. The van der Waals surface area contributed by atoms with Crippen LogP contribution in [-0.2, 0) is 4.74 Å². The largest absolute Gasteiger partial charge is 0.448 e. The number of fused-ring (bicyclic) bond motifs is 3. The van der Waals surface area contributed by atoms with Crippen molar-refractivity contribution in [1.82, 2.24) is 5.32 Å². The van der Waals surface area contributed by atoms with Crippen LogP contribution in [0.15, 0.2) is 48.5 Å². The summed E-state index contributed by atoms with van der Waals surface area (Å²) in [6.45, 7) is 0.309. The van der Waals surface area contributed by atoms with Crippen LogP contribution in [0, 0.1) is 0 Å². The summed E-state index contributed by atoms with van der Waals surface area (Å²) in [5.74, 6) is 0.0817. The predicted octanol–water partition coefficient (Wildman–Crippen LogP) is 3.48. The van der Waals surface area contributed by atoms with Gasteiger partial charge in [0.05, 0.1) is 5.49 Å². The van der Waals surface area contributed by atoms with Gasteiger partial charge >= 0.3 is 6.09 Å². The fourth-order valence-corrected chi connectivity index (χ4v) is 2.78. The summed E-state index contributed by atoms with van der Waals surface area (Å²) in [4.78, 5) is 11.4. The van der Waals surface area contributed by atoms with E-state index >= 15 is 0 Å². The van der Waals surface area contributed by atoms with Gasteiger partial charge in [0.2, 0.25) is 0 Å². The van der Waals surface area contributed by atoms with Crippen LogP contribution in [0.3, 0.4) is 0 Å². The van der Waals surface area contributed by atoms with Gasteiger partial charge in [0.25, 0.3) is 0 Å². The molecule has 0 fully saturated rings. The first-order valence-corrected chi connectivity index (χ1v) is 6.83. The van der Waals surface area contributed by atoms with Crippen LogP contribution < -0.4 is 5.32 Å². The summed E-state index contributed by atoms with van der Waals surface area (Å²) >= 11 is 4.57. The molecule has 1 aliphatic carbocycles. The van der Waals surface area contributed by atoms with Gasteiger partial charge in [-0.15, -0.1) is 0 Å². The highest BCUT2D eigenvalue weighted by Gasteiger charge is 2.28. The Hall–Kier alpha value is -2.20. The molecule has 0 unspecified atom stereocenters. The Balaban J connectivity index is 1.91. The van der Waals surface area contributed by atoms with E-state index in [1.807, 2.05) is 24.3 Å². The average Bonchev–Trinajstić information content (AvgIpc) is 2.80. The van der Waals surface area contributed by atoms with E-state index in [4.69, 9.17) is 4.74 Å². The molecule has 1 amide bonds. The summed E-state index contributed by atoms with van der Waals surface area (Å²) in [5, 5.41) is 2.35. The first-order valence-electron chi connectivity index (χ1n) is 6.36. The molecular weight excluding hydrogens is 270 g/mol. The Kier molecular flexibility index (Phi) is 3.48. The summed E-state index contributed by atoms with van der Waals surface area (Å²) in [6, 6.07) is 16.4. The van der Waals surface area contributed by atoms with Crippen molar-refractivity contribution < 1.29 is 9.53 Å². The van der Waals surface area contributed by atoms with Crippen molar-refractivity contribution in [2.45, 2.75) is 5.92 Å². The first kappa shape index (κ1) is 12.8. The van der Waals surface area contributed by atoms with Crippen LogP contribution in [0.25, 0.3) is 11.1 Å². The number of carbonyl (C=O) groups is 1. The van der Waals surface area contributed by atoms with Crippen LogP contribution in [0.2, 0.25) is 0 Å². The smallest absolute Gasteiger partial charge is 0.411 e. The van der Waals surface area contributed by atoms with E-state index in [0.29, 0.717) is 6.61 Å². The molecule has 3 rings (SSSR count). The second kappa shape index (κ2) is 5.43. The lowest BCUT2D eigenvalue weighted by Gasteiger charge is -2.13. The molecule has 0 aliphatic heterocycles. The third kappa shape index (κ3) is 2.18. The van der Waals surface area contributed by atoms with E-state index in [0.717, 1.165) is 5.49 Å². The number of nitrogens with one attached hydrogen (secondary N) is 1. The number of hydrogen-bond acceptors (Lipinski definition) is 3. The maximum absolute atomic E-state index is 11.4. The number of benzene rings is 2. The van der Waals surface area contributed by atoms with Gasteiger partial charge in [-0.25, -0.2) is 4.79 Å². The monoisotopic (exact) mass is 283 g/mol. The number of hydrogen-bond donors (Lipinski definition) is 1. The van der Waals surface area contributed by atoms with Crippen LogP contribution >= 0.6 is 12.2 Å². The maximum atomic E-state index is 11.4. The minimum atomic E-state index is -0.512. The van der Waals surface area contributed by atoms with E-state index in [9.17, 15) is 4.79 Å². The topological polar surface area (TPSA) is 38.3 Å². The molecule has 0 radical (unpaired) electrons. The fourth-order valence-electron chi connectivity index (χ4n) is 2.69. The van der Waals surface area contributed by atoms with Crippen molar-refractivity contribution in [2.75, 3.05) is 6.61 Å². The van der Waals surface area contributed by atoms with Crippen molar-refractivity contribution in [3.05, 3.63) is 59.7 Å². The molecule has 100 valence electrons. The van der Waals surface area contributed by atoms with Gasteiger partial charge in [0.15, 0.2) is 0 Å². The number of thiocarbonyl (C=S) groups is 1. The van der Waals surface area contributed by atoms with Crippen molar-refractivity contribution >= 4 is 23.8 Å². The molecule has 0 saturated carbocycles. The molecule has 0 bridgehead atoms. The Bertz CT molecular complexity index is 624. The SMILES string of the molecule is O=C(NC=S)OCC1c2ccccc2-c2ccccc21. The average molecular weight is 283 g/mol. The van der Waals surface area contributed by atoms with Crippen LogP contribution in [0.1, 0.15) is 17.0 Å². The number of carbonyl (C=O) groups excluding carboxylic acids is 1. The Labute approximate surface area is 122 Å². The molecule has 0 spiro atoms. The molecule has 0 saturated heterocycles. The van der Waals surface area contributed by atoms with Gasteiger partial charge < -0.3 is 4.74 Å². The summed E-state index contributed by atoms with van der Waals surface area (Å²) in [7, 11) is 0. The summed E-state index contributed by atoms with van der Waals surface area (Å²) in [6.07, 6.45) is -0.512. The second-order valence-electron chi connectivity index (χ2n) is 4.59. The van der Waals surface area contributed by atoms with Gasteiger partial charge in [-0.05, 0) is 22.3 Å². The predicted molar refractivity (Wildman–Crippen MR) is 81.9 cm³/mol. The second-order valence-corrected chi connectivity index (χ2v) is 4.82. The quantitative estimate of drug-likeness (QED) is 0.876. The molecular formula is C16H13NO2S. The first-order chi connectivity index (χ1) is 9.81. The van der Waals surface area contributed by atoms with Crippen LogP contribution in [-0.4, -0.2) is 18.2 Å². The molecule has 0 aromatic heterocycles. The molecule has 1 aliphatic rings. The Morgan fingerprint density at radius 2 is 1.65 bits per heavy atom. The lowest BCUT2D eigenvalue weighted by molar-refractivity contribution is 0.149. The van der Waals surface area contributed by atoms with E-state index in [1.54, 1.807) is 0 Å². The number of ether oxygens (including phenoxy) is 1. The van der Waals surface area contributed by atoms with Gasteiger partial charge in [0, 0.05) is 5.92 Å². The molecule has 20 heavy (non-hydrogen) atoms. The molecule has 0 heterocycles. The van der Waals surface area contributed by atoms with Crippen LogP contribution in [0.5, 0.6) is 0 Å². The van der Waals surface area contributed by atoms with Crippen molar-refractivity contribution in [2.24, 2.45) is 0 Å². The normalized spacial score (nSPS) is 12.4. The molecule has 2 aromatic carbocycles. The molecule has 3 nitrogen and oxygen atoms in total. The summed E-state index contributed by atoms with van der Waals surface area (Å²) in [5.41, 5.74) is 5.98. The molecule has 4 heteroatoms. The van der Waals surface area contributed by atoms with Crippen molar-refractivity contribution in [3.63, 3.8) is 0 Å².